The Labute approximate surface area is 181 Å². The Morgan fingerprint density at radius 2 is 2.03 bits per heavy atom. The summed E-state index contributed by atoms with van der Waals surface area (Å²) in [6, 6.07) is 8.67. The van der Waals surface area contributed by atoms with Crippen LogP contribution in [-0.2, 0) is 9.59 Å². The summed E-state index contributed by atoms with van der Waals surface area (Å²) in [5, 5.41) is 2.62. The van der Waals surface area contributed by atoms with Crippen molar-refractivity contribution in [1.29, 1.82) is 0 Å². The van der Waals surface area contributed by atoms with E-state index in [-0.39, 0.29) is 22.0 Å². The van der Waals surface area contributed by atoms with Crippen LogP contribution >= 0.6 is 11.6 Å². The molecule has 1 aliphatic heterocycles. The minimum Gasteiger partial charge on any atom is -0.322 e. The lowest BCUT2D eigenvalue weighted by Gasteiger charge is -2.24. The number of aromatic nitrogens is 2. The van der Waals surface area contributed by atoms with Crippen LogP contribution < -0.4 is 10.2 Å². The zero-order valence-electron chi connectivity index (χ0n) is 16.6. The predicted molar refractivity (Wildman–Crippen MR) is 113 cm³/mol. The first-order valence-corrected chi connectivity index (χ1v) is 9.82. The first kappa shape index (κ1) is 20.9. The quantitative estimate of drug-likeness (QED) is 0.607. The highest BCUT2D eigenvalue weighted by molar-refractivity contribution is 6.30. The van der Waals surface area contributed by atoms with Crippen LogP contribution in [0.1, 0.15) is 24.2 Å². The van der Waals surface area contributed by atoms with Crippen LogP contribution in [0.3, 0.4) is 0 Å². The molecule has 0 saturated heterocycles. The van der Waals surface area contributed by atoms with Crippen molar-refractivity contribution in [3.05, 3.63) is 70.8 Å². The molecule has 1 aliphatic rings. The molecule has 2 aromatic heterocycles. The third kappa shape index (κ3) is 3.86. The van der Waals surface area contributed by atoms with E-state index in [1.54, 1.807) is 32.0 Å². The Balaban J connectivity index is 1.76. The maximum atomic E-state index is 15.0. The fraction of sp³-hybridized carbons (Fsp3) is 0.182. The number of amides is 2. The fourth-order valence-corrected chi connectivity index (χ4v) is 3.77. The monoisotopic (exact) mass is 442 g/mol. The topological polar surface area (TPSA) is 75.2 Å². The molecule has 31 heavy (non-hydrogen) atoms. The number of benzene rings is 1. The normalized spacial score (nSPS) is 15.2. The van der Waals surface area contributed by atoms with Crippen molar-refractivity contribution in [3.8, 4) is 11.1 Å². The molecular formula is C22H17ClF2N4O2. The highest BCUT2D eigenvalue weighted by Gasteiger charge is 2.35. The number of carbonyl (C=O) groups is 2. The van der Waals surface area contributed by atoms with Gasteiger partial charge in [0.25, 0.3) is 0 Å². The second kappa shape index (κ2) is 8.03. The summed E-state index contributed by atoms with van der Waals surface area (Å²) in [4.78, 5) is 35.3. The molecule has 6 nitrogen and oxygen atoms in total. The summed E-state index contributed by atoms with van der Waals surface area (Å²) in [7, 11) is 0. The van der Waals surface area contributed by atoms with Gasteiger partial charge in [0.2, 0.25) is 17.8 Å². The van der Waals surface area contributed by atoms with E-state index in [0.29, 0.717) is 17.0 Å². The van der Waals surface area contributed by atoms with E-state index in [1.807, 2.05) is 0 Å². The number of fused-ring (bicyclic) bond motifs is 3. The number of nitrogens with zero attached hydrogens (tertiary/aromatic N) is 3. The molecule has 158 valence electrons. The zero-order chi connectivity index (χ0) is 22.3. The van der Waals surface area contributed by atoms with Gasteiger partial charge >= 0.3 is 0 Å². The van der Waals surface area contributed by atoms with Crippen LogP contribution in [0, 0.1) is 18.7 Å². The van der Waals surface area contributed by atoms with E-state index in [4.69, 9.17) is 11.6 Å². The molecule has 0 bridgehead atoms. The molecule has 0 aliphatic carbocycles. The Bertz CT molecular complexity index is 1220. The molecule has 3 aromatic rings. The number of halogens is 3. The smallest absolute Gasteiger partial charge is 0.244 e. The van der Waals surface area contributed by atoms with Crippen LogP contribution in [0.2, 0.25) is 5.02 Å². The molecule has 0 saturated carbocycles. The van der Waals surface area contributed by atoms with E-state index >= 15 is 0 Å². The van der Waals surface area contributed by atoms with Crippen LogP contribution in [0.25, 0.3) is 11.1 Å². The summed E-state index contributed by atoms with van der Waals surface area (Å²) >= 11 is 5.74. The molecule has 0 fully saturated rings. The largest absolute Gasteiger partial charge is 0.322 e. The van der Waals surface area contributed by atoms with Gasteiger partial charge in [-0.15, -0.1) is 0 Å². The number of aryl methyl sites for hydroxylation is 1. The minimum absolute atomic E-state index is 0.0769. The van der Waals surface area contributed by atoms with E-state index in [1.165, 1.54) is 23.2 Å². The molecule has 9 heteroatoms. The SMILES string of the molecule is Cc1cc2c(c(F)n1)-c1cccnc1C(C)C(=O)N2CC(=O)Nc1ccc(Cl)cc1F. The minimum atomic E-state index is -0.764. The number of hydrogen-bond acceptors (Lipinski definition) is 4. The van der Waals surface area contributed by atoms with Crippen molar-refractivity contribution in [2.75, 3.05) is 16.8 Å². The highest BCUT2D eigenvalue weighted by Crippen LogP contribution is 2.41. The van der Waals surface area contributed by atoms with Crippen LogP contribution in [0.5, 0.6) is 0 Å². The van der Waals surface area contributed by atoms with Crippen LogP contribution in [-0.4, -0.2) is 28.3 Å². The molecular weight excluding hydrogens is 426 g/mol. The Kier molecular flexibility index (Phi) is 5.41. The highest BCUT2D eigenvalue weighted by atomic mass is 35.5. The van der Waals surface area contributed by atoms with E-state index in [9.17, 15) is 18.4 Å². The Morgan fingerprint density at radius 3 is 2.77 bits per heavy atom. The van der Waals surface area contributed by atoms with Crippen LogP contribution in [0.4, 0.5) is 20.2 Å². The predicted octanol–water partition coefficient (Wildman–Crippen LogP) is 4.47. The molecule has 3 heterocycles. The second-order valence-electron chi connectivity index (χ2n) is 7.20. The van der Waals surface area contributed by atoms with E-state index < -0.39 is 36.0 Å². The van der Waals surface area contributed by atoms with Gasteiger partial charge in [0, 0.05) is 22.5 Å². The van der Waals surface area contributed by atoms with E-state index in [2.05, 4.69) is 15.3 Å². The lowest BCUT2D eigenvalue weighted by molar-refractivity contribution is -0.122. The molecule has 0 radical (unpaired) electrons. The summed E-state index contributed by atoms with van der Waals surface area (Å²) in [6.45, 7) is 2.78. The lowest BCUT2D eigenvalue weighted by Crippen LogP contribution is -2.40. The van der Waals surface area contributed by atoms with Gasteiger partial charge in [0.05, 0.1) is 28.6 Å². The van der Waals surface area contributed by atoms with Crippen molar-refractivity contribution in [2.24, 2.45) is 0 Å². The van der Waals surface area contributed by atoms with Crippen molar-refractivity contribution in [3.63, 3.8) is 0 Å². The van der Waals surface area contributed by atoms with Gasteiger partial charge in [-0.25, -0.2) is 9.37 Å². The maximum Gasteiger partial charge on any atom is 0.244 e. The van der Waals surface area contributed by atoms with Gasteiger partial charge in [-0.3, -0.25) is 14.6 Å². The van der Waals surface area contributed by atoms with Gasteiger partial charge < -0.3 is 10.2 Å². The second-order valence-corrected chi connectivity index (χ2v) is 7.64. The molecule has 1 unspecified atom stereocenters. The number of carbonyl (C=O) groups excluding carboxylic acids is 2. The number of rotatable bonds is 3. The van der Waals surface area contributed by atoms with Crippen molar-refractivity contribution < 1.29 is 18.4 Å². The third-order valence-electron chi connectivity index (χ3n) is 5.03. The molecule has 4 rings (SSSR count). The van der Waals surface area contributed by atoms with Crippen molar-refractivity contribution in [2.45, 2.75) is 19.8 Å². The number of anilines is 2. The molecule has 2 amide bonds. The fourth-order valence-electron chi connectivity index (χ4n) is 3.61. The Hall–Kier alpha value is -3.39. The average molecular weight is 443 g/mol. The average Bonchev–Trinajstić information content (AvgIpc) is 2.80. The summed E-state index contributed by atoms with van der Waals surface area (Å²) < 4.78 is 29.0. The standard InChI is InChI=1S/C22H17ClF2N4O2/c1-11-8-17-19(21(25)27-11)14-4-3-7-26-20(14)12(2)22(31)29(17)10-18(30)28-16-6-5-13(23)9-15(16)24/h3-9,12H,10H2,1-2H3,(H,28,30). The van der Waals surface area contributed by atoms with Gasteiger partial charge in [0.1, 0.15) is 12.4 Å². The van der Waals surface area contributed by atoms with Gasteiger partial charge in [-0.2, -0.15) is 4.39 Å². The zero-order valence-corrected chi connectivity index (χ0v) is 17.4. The van der Waals surface area contributed by atoms with E-state index in [0.717, 1.165) is 6.07 Å². The van der Waals surface area contributed by atoms with Crippen molar-refractivity contribution >= 4 is 34.8 Å². The maximum absolute atomic E-state index is 15.0. The number of nitrogens with one attached hydrogen (secondary N) is 1. The molecule has 1 atom stereocenters. The van der Waals surface area contributed by atoms with Crippen molar-refractivity contribution in [1.82, 2.24) is 9.97 Å². The molecule has 1 N–H and O–H groups in total. The van der Waals surface area contributed by atoms with Gasteiger partial charge in [-0.1, -0.05) is 17.7 Å². The summed E-state index contributed by atoms with van der Waals surface area (Å²) in [5.41, 5.74) is 1.40. The summed E-state index contributed by atoms with van der Waals surface area (Å²) in [6.07, 6.45) is 1.52. The number of hydrogen-bond donors (Lipinski definition) is 1. The van der Waals surface area contributed by atoms with Crippen LogP contribution in [0.15, 0.2) is 42.6 Å². The van der Waals surface area contributed by atoms with Gasteiger partial charge in [-0.05, 0) is 44.2 Å². The first-order chi connectivity index (χ1) is 14.8. The summed E-state index contributed by atoms with van der Waals surface area (Å²) in [5.74, 6) is -3.29. The number of pyridine rings is 2. The Morgan fingerprint density at radius 1 is 1.26 bits per heavy atom. The molecule has 0 spiro atoms. The first-order valence-electron chi connectivity index (χ1n) is 9.45. The molecule has 1 aromatic carbocycles. The third-order valence-corrected chi connectivity index (χ3v) is 5.27. The van der Waals surface area contributed by atoms with Gasteiger partial charge in [0.15, 0.2) is 0 Å². The lowest BCUT2D eigenvalue weighted by atomic mass is 9.98.